The molecule has 1 aromatic rings. The summed E-state index contributed by atoms with van der Waals surface area (Å²) in [7, 11) is 0. The average molecular weight is 404 g/mol. The zero-order valence-electron chi connectivity index (χ0n) is 13.6. The van der Waals surface area contributed by atoms with Gasteiger partial charge in [-0.1, -0.05) is 17.1 Å². The maximum Gasteiger partial charge on any atom is 0.155 e. The Morgan fingerprint density at radius 1 is 1.60 bits per heavy atom. The topological polar surface area (TPSA) is 100.0 Å². The van der Waals surface area contributed by atoms with Crippen molar-refractivity contribution >= 4 is 21.7 Å². The standard InChI is InChI=1S/C17H18BrN5O2/c1-2-5-25-9-11-3-4-16(18)22-12(11)6-14(24)13-7-17(10-20-23-19)8-15(17)21-13/h1,3-4,13,15,21H,5-10H2/t13-,15+,17-/m0/s1. The van der Waals surface area contributed by atoms with E-state index in [1.54, 1.807) is 0 Å². The predicted molar refractivity (Wildman–Crippen MR) is 95.5 cm³/mol. The number of pyridine rings is 1. The third-order valence-electron chi connectivity index (χ3n) is 4.86. The molecule has 1 aliphatic heterocycles. The van der Waals surface area contributed by atoms with E-state index in [0.717, 1.165) is 12.0 Å². The second-order valence-electron chi connectivity index (χ2n) is 6.51. The van der Waals surface area contributed by atoms with Crippen molar-refractivity contribution in [2.24, 2.45) is 10.5 Å². The number of nitrogens with one attached hydrogen (secondary N) is 1. The van der Waals surface area contributed by atoms with Gasteiger partial charge in [-0.3, -0.25) is 4.79 Å². The van der Waals surface area contributed by atoms with Gasteiger partial charge in [0.05, 0.1) is 24.8 Å². The highest BCUT2D eigenvalue weighted by Gasteiger charge is 2.60. The van der Waals surface area contributed by atoms with Crippen molar-refractivity contribution in [1.82, 2.24) is 10.3 Å². The molecule has 8 heteroatoms. The van der Waals surface area contributed by atoms with Gasteiger partial charge in [0.25, 0.3) is 0 Å². The van der Waals surface area contributed by atoms with Crippen LogP contribution in [0.15, 0.2) is 21.9 Å². The number of carbonyl (C=O) groups excluding carboxylic acids is 1. The van der Waals surface area contributed by atoms with Gasteiger partial charge in [0.15, 0.2) is 5.78 Å². The van der Waals surface area contributed by atoms with Gasteiger partial charge in [0.2, 0.25) is 0 Å². The number of aromatic nitrogens is 1. The lowest BCUT2D eigenvalue weighted by Crippen LogP contribution is -2.35. The predicted octanol–water partition coefficient (Wildman–Crippen LogP) is 2.54. The number of carbonyl (C=O) groups is 1. The second-order valence-corrected chi connectivity index (χ2v) is 7.32. The van der Waals surface area contributed by atoms with Crippen molar-refractivity contribution in [3.8, 4) is 12.3 Å². The summed E-state index contributed by atoms with van der Waals surface area (Å²) >= 11 is 3.35. The van der Waals surface area contributed by atoms with Crippen molar-refractivity contribution in [2.45, 2.75) is 38.0 Å². The van der Waals surface area contributed by atoms with Gasteiger partial charge in [-0.25, -0.2) is 4.98 Å². The van der Waals surface area contributed by atoms with Crippen molar-refractivity contribution < 1.29 is 9.53 Å². The van der Waals surface area contributed by atoms with Gasteiger partial charge in [-0.15, -0.1) is 6.42 Å². The molecule has 3 atom stereocenters. The monoisotopic (exact) mass is 403 g/mol. The van der Waals surface area contributed by atoms with Gasteiger partial charge in [0, 0.05) is 17.5 Å². The number of piperidine rings is 1. The van der Waals surface area contributed by atoms with Crippen LogP contribution in [0, 0.1) is 17.8 Å². The SMILES string of the molecule is C#CCOCc1ccc(Br)nc1CC(=O)[C@@H]1C[C@@]2(CN=[N+]=[N-])C[C@H]2N1. The smallest absolute Gasteiger partial charge is 0.155 e. The summed E-state index contributed by atoms with van der Waals surface area (Å²) in [6.45, 7) is 0.997. The number of azide groups is 1. The van der Waals surface area contributed by atoms with E-state index in [4.69, 9.17) is 16.7 Å². The number of ether oxygens (including phenoxy) is 1. The fraction of sp³-hybridized carbons (Fsp3) is 0.529. The highest BCUT2D eigenvalue weighted by molar-refractivity contribution is 9.10. The molecule has 0 unspecified atom stereocenters. The number of hydrogen-bond donors (Lipinski definition) is 1. The lowest BCUT2D eigenvalue weighted by Gasteiger charge is -2.15. The molecule has 0 amide bonds. The number of ketones is 1. The molecule has 2 heterocycles. The molecule has 1 aromatic heterocycles. The highest BCUT2D eigenvalue weighted by Crippen LogP contribution is 2.54. The van der Waals surface area contributed by atoms with Crippen LogP contribution < -0.4 is 5.32 Å². The number of fused-ring (bicyclic) bond motifs is 1. The van der Waals surface area contributed by atoms with Crippen molar-refractivity contribution in [3.05, 3.63) is 38.4 Å². The Balaban J connectivity index is 1.64. The Kier molecular flexibility index (Phi) is 5.40. The maximum absolute atomic E-state index is 12.7. The van der Waals surface area contributed by atoms with E-state index in [0.29, 0.717) is 29.9 Å². The Labute approximate surface area is 154 Å². The molecule has 1 saturated carbocycles. The van der Waals surface area contributed by atoms with Crippen LogP contribution in [-0.4, -0.2) is 36.0 Å². The first-order valence-corrected chi connectivity index (χ1v) is 8.82. The van der Waals surface area contributed by atoms with Gasteiger partial charge in [-0.05, 0) is 51.3 Å². The first-order valence-electron chi connectivity index (χ1n) is 8.03. The molecule has 0 bridgehead atoms. The fourth-order valence-electron chi connectivity index (χ4n) is 3.43. The Morgan fingerprint density at radius 3 is 3.20 bits per heavy atom. The maximum atomic E-state index is 12.7. The minimum Gasteiger partial charge on any atom is -0.364 e. The number of rotatable bonds is 8. The Hall–Kier alpha value is -1.91. The molecular formula is C17H18BrN5O2. The van der Waals surface area contributed by atoms with Crippen LogP contribution in [0.4, 0.5) is 0 Å². The zero-order valence-corrected chi connectivity index (χ0v) is 15.2. The molecule has 0 aromatic carbocycles. The van der Waals surface area contributed by atoms with Crippen LogP contribution in [0.5, 0.6) is 0 Å². The van der Waals surface area contributed by atoms with E-state index in [2.05, 4.69) is 42.2 Å². The van der Waals surface area contributed by atoms with E-state index in [9.17, 15) is 4.79 Å². The quantitative estimate of drug-likeness (QED) is 0.180. The molecule has 130 valence electrons. The van der Waals surface area contributed by atoms with E-state index >= 15 is 0 Å². The van der Waals surface area contributed by atoms with Gasteiger partial charge < -0.3 is 10.1 Å². The molecule has 1 aliphatic carbocycles. The molecule has 2 aliphatic rings. The molecule has 3 rings (SSSR count). The van der Waals surface area contributed by atoms with Crippen LogP contribution in [0.2, 0.25) is 0 Å². The highest BCUT2D eigenvalue weighted by atomic mass is 79.9. The molecule has 1 saturated heterocycles. The molecule has 2 fully saturated rings. The normalized spacial score (nSPS) is 26.4. The Bertz CT molecular complexity index is 771. The molecule has 25 heavy (non-hydrogen) atoms. The molecular weight excluding hydrogens is 386 g/mol. The minimum atomic E-state index is -0.215. The van der Waals surface area contributed by atoms with Gasteiger partial charge in [-0.2, -0.15) is 0 Å². The summed E-state index contributed by atoms with van der Waals surface area (Å²) in [5, 5.41) is 7.04. The molecule has 7 nitrogen and oxygen atoms in total. The summed E-state index contributed by atoms with van der Waals surface area (Å²) in [4.78, 5) is 20.0. The zero-order chi connectivity index (χ0) is 17.9. The first kappa shape index (κ1) is 17.9. The van der Waals surface area contributed by atoms with E-state index in [1.165, 1.54) is 0 Å². The summed E-state index contributed by atoms with van der Waals surface area (Å²) in [5.41, 5.74) is 10.0. The summed E-state index contributed by atoms with van der Waals surface area (Å²) in [6, 6.07) is 3.77. The fourth-order valence-corrected chi connectivity index (χ4v) is 3.78. The lowest BCUT2D eigenvalue weighted by atomic mass is 9.95. The van der Waals surface area contributed by atoms with E-state index in [1.807, 2.05) is 12.1 Å². The van der Waals surface area contributed by atoms with E-state index in [-0.39, 0.29) is 36.3 Å². The van der Waals surface area contributed by atoms with Crippen molar-refractivity contribution in [2.75, 3.05) is 13.2 Å². The Morgan fingerprint density at radius 2 is 2.44 bits per heavy atom. The summed E-state index contributed by atoms with van der Waals surface area (Å²) in [5.74, 6) is 2.52. The van der Waals surface area contributed by atoms with Crippen molar-refractivity contribution in [1.29, 1.82) is 0 Å². The average Bonchev–Trinajstić information content (AvgIpc) is 3.15. The van der Waals surface area contributed by atoms with Crippen LogP contribution in [0.1, 0.15) is 24.1 Å². The molecule has 0 spiro atoms. The van der Waals surface area contributed by atoms with Crippen LogP contribution in [0.3, 0.4) is 0 Å². The number of terminal acetylenes is 1. The second kappa shape index (κ2) is 7.54. The largest absolute Gasteiger partial charge is 0.364 e. The lowest BCUT2D eigenvalue weighted by molar-refractivity contribution is -0.120. The summed E-state index contributed by atoms with van der Waals surface area (Å²) < 4.78 is 6.05. The minimum absolute atomic E-state index is 0.0318. The van der Waals surface area contributed by atoms with Crippen LogP contribution in [-0.2, 0) is 22.6 Å². The summed E-state index contributed by atoms with van der Waals surface area (Å²) in [6.07, 6.45) is 7.11. The van der Waals surface area contributed by atoms with Crippen LogP contribution >= 0.6 is 15.9 Å². The number of halogens is 1. The van der Waals surface area contributed by atoms with Gasteiger partial charge >= 0.3 is 0 Å². The molecule has 1 N–H and O–H groups in total. The van der Waals surface area contributed by atoms with Gasteiger partial charge in [0.1, 0.15) is 11.2 Å². The van der Waals surface area contributed by atoms with Crippen molar-refractivity contribution in [3.63, 3.8) is 0 Å². The number of hydrogen-bond acceptors (Lipinski definition) is 5. The first-order chi connectivity index (χ1) is 12.1. The number of nitrogens with zero attached hydrogens (tertiary/aromatic N) is 4. The van der Waals surface area contributed by atoms with Crippen LogP contribution in [0.25, 0.3) is 10.4 Å². The van der Waals surface area contributed by atoms with E-state index < -0.39 is 0 Å². The number of Topliss-reactive ketones (excluding diaryl/α,β-unsaturated/α-hetero) is 1. The third-order valence-corrected chi connectivity index (χ3v) is 5.30. The third kappa shape index (κ3) is 4.02. The molecule has 0 radical (unpaired) electrons.